The smallest absolute Gasteiger partial charge is 0.126 e. The van der Waals surface area contributed by atoms with Crippen LogP contribution >= 0.6 is 11.6 Å². The van der Waals surface area contributed by atoms with Gasteiger partial charge >= 0.3 is 0 Å². The van der Waals surface area contributed by atoms with Crippen molar-refractivity contribution in [3.8, 4) is 0 Å². The minimum atomic E-state index is -0.132. The summed E-state index contributed by atoms with van der Waals surface area (Å²) in [6, 6.07) is 7.20. The van der Waals surface area contributed by atoms with E-state index in [1.807, 2.05) is 18.2 Å². The highest BCUT2D eigenvalue weighted by Crippen LogP contribution is 2.22. The number of benzene rings is 1. The number of halogens is 2. The number of rotatable bonds is 6. The first-order chi connectivity index (χ1) is 8.67. The SMILES string of the molecule is CCC/C=C(CCC)/C(F)=C/c1ccc(Cl)cc1. The highest BCUT2D eigenvalue weighted by Gasteiger charge is 2.03. The highest BCUT2D eigenvalue weighted by atomic mass is 35.5. The first kappa shape index (κ1) is 15.0. The third kappa shape index (κ3) is 5.05. The Balaban J connectivity index is 2.87. The molecule has 0 radical (unpaired) electrons. The lowest BCUT2D eigenvalue weighted by Crippen LogP contribution is -1.86. The van der Waals surface area contributed by atoms with Crippen LogP contribution in [0.15, 0.2) is 41.7 Å². The van der Waals surface area contributed by atoms with Gasteiger partial charge in [0.1, 0.15) is 5.83 Å². The maximum absolute atomic E-state index is 14.1. The molecule has 0 aliphatic carbocycles. The van der Waals surface area contributed by atoms with Crippen molar-refractivity contribution >= 4 is 17.7 Å². The monoisotopic (exact) mass is 266 g/mol. The molecule has 0 fully saturated rings. The van der Waals surface area contributed by atoms with Crippen LogP contribution in [0.3, 0.4) is 0 Å². The van der Waals surface area contributed by atoms with Crippen molar-refractivity contribution in [1.29, 1.82) is 0 Å². The fourth-order valence-corrected chi connectivity index (χ4v) is 1.83. The van der Waals surface area contributed by atoms with Gasteiger partial charge in [0.25, 0.3) is 0 Å². The van der Waals surface area contributed by atoms with E-state index in [0.29, 0.717) is 5.02 Å². The van der Waals surface area contributed by atoms with Gasteiger partial charge in [0.05, 0.1) is 0 Å². The Morgan fingerprint density at radius 2 is 1.83 bits per heavy atom. The molecule has 0 N–H and O–H groups in total. The molecule has 1 aromatic rings. The van der Waals surface area contributed by atoms with Crippen molar-refractivity contribution in [3.63, 3.8) is 0 Å². The largest absolute Gasteiger partial charge is 0.207 e. The summed E-state index contributed by atoms with van der Waals surface area (Å²) in [5, 5.41) is 0.669. The van der Waals surface area contributed by atoms with Crippen molar-refractivity contribution in [3.05, 3.63) is 52.3 Å². The molecule has 0 aliphatic rings. The summed E-state index contributed by atoms with van der Waals surface area (Å²) in [7, 11) is 0. The number of allylic oxidation sites excluding steroid dienone is 3. The fourth-order valence-electron chi connectivity index (χ4n) is 1.70. The Kier molecular flexibility index (Phi) is 6.74. The summed E-state index contributed by atoms with van der Waals surface area (Å²) in [5.41, 5.74) is 1.66. The van der Waals surface area contributed by atoms with E-state index in [1.54, 1.807) is 18.2 Å². The number of hydrogen-bond donors (Lipinski definition) is 0. The van der Waals surface area contributed by atoms with Crippen LogP contribution < -0.4 is 0 Å². The number of unbranched alkanes of at least 4 members (excludes halogenated alkanes) is 1. The Hall–Kier alpha value is -1.08. The van der Waals surface area contributed by atoms with E-state index in [0.717, 1.165) is 36.8 Å². The lowest BCUT2D eigenvalue weighted by Gasteiger charge is -2.04. The van der Waals surface area contributed by atoms with Crippen molar-refractivity contribution in [2.24, 2.45) is 0 Å². The van der Waals surface area contributed by atoms with Crippen LogP contribution in [0.2, 0.25) is 5.02 Å². The Morgan fingerprint density at radius 1 is 1.17 bits per heavy atom. The molecule has 0 atom stereocenters. The van der Waals surface area contributed by atoms with Crippen LogP contribution in [0.4, 0.5) is 4.39 Å². The first-order valence-corrected chi connectivity index (χ1v) is 6.87. The van der Waals surface area contributed by atoms with Crippen LogP contribution in [0.25, 0.3) is 6.08 Å². The molecule has 0 unspecified atom stereocenters. The van der Waals surface area contributed by atoms with Gasteiger partial charge < -0.3 is 0 Å². The zero-order valence-electron chi connectivity index (χ0n) is 11.0. The van der Waals surface area contributed by atoms with Gasteiger partial charge in [-0.2, -0.15) is 0 Å². The van der Waals surface area contributed by atoms with Crippen LogP contribution in [0, 0.1) is 0 Å². The lowest BCUT2D eigenvalue weighted by molar-refractivity contribution is 0.640. The second-order valence-corrected chi connectivity index (χ2v) is 4.75. The molecule has 18 heavy (non-hydrogen) atoms. The molecule has 0 saturated heterocycles. The highest BCUT2D eigenvalue weighted by molar-refractivity contribution is 6.30. The third-order valence-corrected chi connectivity index (χ3v) is 2.92. The van der Waals surface area contributed by atoms with E-state index in [4.69, 9.17) is 11.6 Å². The summed E-state index contributed by atoms with van der Waals surface area (Å²) in [5.74, 6) is -0.132. The van der Waals surface area contributed by atoms with Gasteiger partial charge in [-0.1, -0.05) is 56.5 Å². The Labute approximate surface area is 114 Å². The zero-order chi connectivity index (χ0) is 13.4. The van der Waals surface area contributed by atoms with Crippen molar-refractivity contribution in [2.75, 3.05) is 0 Å². The van der Waals surface area contributed by atoms with Crippen LogP contribution in [0.5, 0.6) is 0 Å². The first-order valence-electron chi connectivity index (χ1n) is 6.49. The molecule has 0 spiro atoms. The van der Waals surface area contributed by atoms with E-state index in [9.17, 15) is 4.39 Å². The van der Waals surface area contributed by atoms with Gasteiger partial charge in [0, 0.05) is 5.02 Å². The van der Waals surface area contributed by atoms with E-state index >= 15 is 0 Å². The van der Waals surface area contributed by atoms with Crippen molar-refractivity contribution in [1.82, 2.24) is 0 Å². The third-order valence-electron chi connectivity index (χ3n) is 2.67. The average Bonchev–Trinajstić information content (AvgIpc) is 2.37. The molecule has 98 valence electrons. The molecule has 2 heteroatoms. The Morgan fingerprint density at radius 3 is 2.39 bits per heavy atom. The normalized spacial score (nSPS) is 12.9. The van der Waals surface area contributed by atoms with E-state index < -0.39 is 0 Å². The molecule has 0 aliphatic heterocycles. The van der Waals surface area contributed by atoms with Gasteiger partial charge in [-0.05, 0) is 42.2 Å². The molecule has 0 saturated carbocycles. The van der Waals surface area contributed by atoms with Gasteiger partial charge in [-0.25, -0.2) is 4.39 Å². The van der Waals surface area contributed by atoms with Crippen LogP contribution in [0.1, 0.15) is 45.1 Å². The minimum Gasteiger partial charge on any atom is -0.207 e. The topological polar surface area (TPSA) is 0 Å². The second kappa shape index (κ2) is 8.10. The van der Waals surface area contributed by atoms with Crippen LogP contribution in [-0.4, -0.2) is 0 Å². The second-order valence-electron chi connectivity index (χ2n) is 4.31. The predicted molar refractivity (Wildman–Crippen MR) is 78.4 cm³/mol. The van der Waals surface area contributed by atoms with Gasteiger partial charge in [0.15, 0.2) is 0 Å². The van der Waals surface area contributed by atoms with Gasteiger partial charge in [-0.15, -0.1) is 0 Å². The molecule has 0 heterocycles. The average molecular weight is 267 g/mol. The molecule has 1 aromatic carbocycles. The van der Waals surface area contributed by atoms with Gasteiger partial charge in [-0.3, -0.25) is 0 Å². The molecular weight excluding hydrogens is 247 g/mol. The van der Waals surface area contributed by atoms with Crippen molar-refractivity contribution in [2.45, 2.75) is 39.5 Å². The molecule has 0 aromatic heterocycles. The molecule has 0 nitrogen and oxygen atoms in total. The van der Waals surface area contributed by atoms with Gasteiger partial charge in [0.2, 0.25) is 0 Å². The van der Waals surface area contributed by atoms with Crippen LogP contribution in [-0.2, 0) is 0 Å². The summed E-state index contributed by atoms with van der Waals surface area (Å²) in [6.07, 6.45) is 7.30. The van der Waals surface area contributed by atoms with E-state index in [2.05, 4.69) is 13.8 Å². The Bertz CT molecular complexity index is 415. The quantitative estimate of drug-likeness (QED) is 0.540. The molecular formula is C16H20ClF. The van der Waals surface area contributed by atoms with E-state index in [-0.39, 0.29) is 5.83 Å². The maximum Gasteiger partial charge on any atom is 0.126 e. The molecule has 0 bridgehead atoms. The molecule has 0 amide bonds. The summed E-state index contributed by atoms with van der Waals surface area (Å²) < 4.78 is 14.1. The fraction of sp³-hybridized carbons (Fsp3) is 0.375. The predicted octanol–water partition coefficient (Wildman–Crippen LogP) is 6.18. The maximum atomic E-state index is 14.1. The zero-order valence-corrected chi connectivity index (χ0v) is 11.8. The van der Waals surface area contributed by atoms with Crippen molar-refractivity contribution < 1.29 is 4.39 Å². The van der Waals surface area contributed by atoms with E-state index in [1.165, 1.54) is 0 Å². The molecule has 1 rings (SSSR count). The minimum absolute atomic E-state index is 0.132. The summed E-state index contributed by atoms with van der Waals surface area (Å²) >= 11 is 5.80. The lowest BCUT2D eigenvalue weighted by atomic mass is 10.1. The standard InChI is InChI=1S/C16H20ClF/c1-3-5-7-14(6-4-2)16(18)12-13-8-10-15(17)11-9-13/h7-12H,3-6H2,1-2H3/b14-7+,16-12-. The summed E-state index contributed by atoms with van der Waals surface area (Å²) in [6.45, 7) is 4.16. The number of hydrogen-bond acceptors (Lipinski definition) is 0. The summed E-state index contributed by atoms with van der Waals surface area (Å²) in [4.78, 5) is 0.